The third-order valence-electron chi connectivity index (χ3n) is 6.76. The zero-order valence-electron chi connectivity index (χ0n) is 20.7. The second-order valence-electron chi connectivity index (χ2n) is 8.75. The molecule has 0 N–H and O–H groups in total. The fourth-order valence-corrected chi connectivity index (χ4v) is 5.62. The van der Waals surface area contributed by atoms with Crippen LogP contribution < -0.4 is 4.90 Å². The maximum Gasteiger partial charge on any atom is 0.180 e. The summed E-state index contributed by atoms with van der Waals surface area (Å²) in [7, 11) is 0. The Morgan fingerprint density at radius 1 is 0.475 bits per heavy atom. The minimum absolute atomic E-state index is 0.453. The Bertz CT molecular complexity index is 1500. The number of anilines is 3. The summed E-state index contributed by atoms with van der Waals surface area (Å²) >= 11 is 28.8. The molecule has 1 aliphatic carbocycles. The molecule has 0 saturated heterocycles. The number of halogens is 6. The van der Waals surface area contributed by atoms with Crippen molar-refractivity contribution < 1.29 is 0 Å². The standard InChI is InChI=1S/C29H19N3.2CHCl3/c1-2-10-20(11-3-1)32-25-16-6-4-12-21(25)29(22-13-5-7-17-26(22)32)23-14-8-18-30-27(23)28-24(29)15-9-19-31-28;2*2-1(3)4/h1-19H;2*1H. The minimum atomic E-state index is -0.750. The summed E-state index contributed by atoms with van der Waals surface area (Å²) in [4.78, 5) is 12.0. The molecule has 9 heteroatoms. The number of nitrogens with zero attached hydrogens (tertiary/aromatic N) is 3. The predicted octanol–water partition coefficient (Wildman–Crippen LogP) is 10.6. The lowest BCUT2D eigenvalue weighted by molar-refractivity contribution is 0.749. The molecule has 0 amide bonds. The summed E-state index contributed by atoms with van der Waals surface area (Å²) in [5.74, 6) is 0. The van der Waals surface area contributed by atoms with Crippen LogP contribution in [0.3, 0.4) is 0 Å². The maximum absolute atomic E-state index is 4.81. The Morgan fingerprint density at radius 3 is 1.30 bits per heavy atom. The largest absolute Gasteiger partial charge is 0.310 e. The van der Waals surface area contributed by atoms with Crippen LogP contribution in [0.4, 0.5) is 17.1 Å². The third kappa shape index (κ3) is 5.27. The van der Waals surface area contributed by atoms with Gasteiger partial charge in [-0.15, -0.1) is 0 Å². The summed E-state index contributed by atoms with van der Waals surface area (Å²) in [6.07, 6.45) is 3.74. The van der Waals surface area contributed by atoms with Crippen LogP contribution in [-0.2, 0) is 5.41 Å². The van der Waals surface area contributed by atoms with Crippen LogP contribution in [0.2, 0.25) is 0 Å². The second kappa shape index (κ2) is 12.6. The number of pyridine rings is 2. The van der Waals surface area contributed by atoms with E-state index >= 15 is 0 Å². The highest BCUT2D eigenvalue weighted by Gasteiger charge is 2.52. The summed E-state index contributed by atoms with van der Waals surface area (Å²) in [6, 6.07) is 36.6. The first-order valence-corrected chi connectivity index (χ1v) is 14.8. The number of para-hydroxylation sites is 3. The lowest BCUT2D eigenvalue weighted by Gasteiger charge is -2.44. The SMILES string of the molecule is ClC(Cl)Cl.ClC(Cl)Cl.c1ccc(N2c3ccccc3C3(c4ccccc42)c2cccnc2-c2ncccc23)cc1. The first-order valence-electron chi connectivity index (χ1n) is 12.2. The van der Waals surface area contributed by atoms with Crippen LogP contribution in [-0.4, -0.2) is 18.6 Å². The average Bonchev–Trinajstić information content (AvgIpc) is 3.25. The van der Waals surface area contributed by atoms with Gasteiger partial charge < -0.3 is 4.90 Å². The molecule has 7 rings (SSSR count). The highest BCUT2D eigenvalue weighted by atomic mass is 35.6. The fourth-order valence-electron chi connectivity index (χ4n) is 5.62. The quantitative estimate of drug-likeness (QED) is 0.166. The van der Waals surface area contributed by atoms with Crippen LogP contribution in [0.15, 0.2) is 116 Å². The molecule has 2 aromatic heterocycles. The Hall–Kier alpha value is -2.50. The molecule has 5 aromatic rings. The average molecular weight is 648 g/mol. The summed E-state index contributed by atoms with van der Waals surface area (Å²) in [5, 5.41) is 0. The molecular weight excluding hydrogens is 627 g/mol. The lowest BCUT2D eigenvalue weighted by atomic mass is 9.65. The lowest BCUT2D eigenvalue weighted by Crippen LogP contribution is -2.36. The van der Waals surface area contributed by atoms with E-state index in [2.05, 4.69) is 95.9 Å². The predicted molar refractivity (Wildman–Crippen MR) is 170 cm³/mol. The van der Waals surface area contributed by atoms with Crippen molar-refractivity contribution in [3.8, 4) is 11.4 Å². The molecule has 0 radical (unpaired) electrons. The minimum Gasteiger partial charge on any atom is -0.310 e. The van der Waals surface area contributed by atoms with Crippen molar-refractivity contribution in [1.29, 1.82) is 0 Å². The Morgan fingerprint density at radius 2 is 0.850 bits per heavy atom. The van der Waals surface area contributed by atoms with Gasteiger partial charge in [-0.2, -0.15) is 0 Å². The third-order valence-corrected chi connectivity index (χ3v) is 6.76. The Kier molecular flexibility index (Phi) is 9.11. The molecule has 0 fully saturated rings. The van der Waals surface area contributed by atoms with Gasteiger partial charge >= 0.3 is 0 Å². The Labute approximate surface area is 263 Å². The smallest absolute Gasteiger partial charge is 0.180 e. The number of hydrogen-bond acceptors (Lipinski definition) is 3. The zero-order valence-corrected chi connectivity index (χ0v) is 25.3. The highest BCUT2D eigenvalue weighted by molar-refractivity contribution is 6.63. The number of fused-ring (bicyclic) bond motifs is 9. The van der Waals surface area contributed by atoms with Gasteiger partial charge in [0.25, 0.3) is 0 Å². The molecule has 3 heterocycles. The van der Waals surface area contributed by atoms with Gasteiger partial charge in [0.1, 0.15) is 0 Å². The molecular formula is C31H21Cl6N3. The van der Waals surface area contributed by atoms with E-state index in [1.807, 2.05) is 24.5 Å². The van der Waals surface area contributed by atoms with Gasteiger partial charge in [-0.25, -0.2) is 0 Å². The van der Waals surface area contributed by atoms with Crippen molar-refractivity contribution >= 4 is 86.7 Å². The van der Waals surface area contributed by atoms with Crippen LogP contribution in [0.25, 0.3) is 11.4 Å². The molecule has 202 valence electrons. The molecule has 0 saturated carbocycles. The van der Waals surface area contributed by atoms with Crippen molar-refractivity contribution in [3.05, 3.63) is 138 Å². The van der Waals surface area contributed by atoms with Crippen molar-refractivity contribution in [2.24, 2.45) is 0 Å². The van der Waals surface area contributed by atoms with Crippen LogP contribution in [0.5, 0.6) is 0 Å². The first kappa shape index (κ1) is 29.0. The normalized spacial score (nSPS) is 13.3. The van der Waals surface area contributed by atoms with Crippen molar-refractivity contribution in [2.75, 3.05) is 4.90 Å². The van der Waals surface area contributed by atoms with Crippen molar-refractivity contribution in [3.63, 3.8) is 0 Å². The molecule has 1 spiro atoms. The van der Waals surface area contributed by atoms with E-state index in [1.54, 1.807) is 0 Å². The number of alkyl halides is 6. The number of benzene rings is 3. The van der Waals surface area contributed by atoms with E-state index in [9.17, 15) is 0 Å². The molecule has 2 aliphatic rings. The van der Waals surface area contributed by atoms with E-state index in [0.29, 0.717) is 0 Å². The van der Waals surface area contributed by atoms with Crippen molar-refractivity contribution in [2.45, 2.75) is 14.0 Å². The number of aromatic nitrogens is 2. The molecule has 40 heavy (non-hydrogen) atoms. The summed E-state index contributed by atoms with van der Waals surface area (Å²) < 4.78 is -1.50. The van der Waals surface area contributed by atoms with Gasteiger partial charge in [0, 0.05) is 18.1 Å². The molecule has 0 atom stereocenters. The van der Waals surface area contributed by atoms with Gasteiger partial charge in [-0.1, -0.05) is 136 Å². The number of rotatable bonds is 1. The van der Waals surface area contributed by atoms with E-state index in [4.69, 9.17) is 79.6 Å². The monoisotopic (exact) mass is 645 g/mol. The second-order valence-corrected chi connectivity index (χ2v) is 12.7. The molecule has 0 bridgehead atoms. The summed E-state index contributed by atoms with van der Waals surface area (Å²) in [5.41, 5.74) is 9.91. The van der Waals surface area contributed by atoms with Crippen LogP contribution in [0, 0.1) is 0 Å². The molecule has 0 unspecified atom stereocenters. The molecule has 3 nitrogen and oxygen atoms in total. The van der Waals surface area contributed by atoms with Gasteiger partial charge in [0.05, 0.1) is 28.2 Å². The zero-order chi connectivity index (χ0) is 28.3. The fraction of sp³-hybridized carbons (Fsp3) is 0.0968. The van der Waals surface area contributed by atoms with Gasteiger partial charge in [-0.05, 0) is 58.7 Å². The molecule has 3 aromatic carbocycles. The van der Waals surface area contributed by atoms with Crippen LogP contribution in [0.1, 0.15) is 22.3 Å². The van der Waals surface area contributed by atoms with Gasteiger partial charge in [0.2, 0.25) is 0 Å². The summed E-state index contributed by atoms with van der Waals surface area (Å²) in [6.45, 7) is 0. The highest BCUT2D eigenvalue weighted by Crippen LogP contribution is 2.62. The van der Waals surface area contributed by atoms with Crippen molar-refractivity contribution in [1.82, 2.24) is 9.97 Å². The molecule has 1 aliphatic heterocycles. The van der Waals surface area contributed by atoms with E-state index in [-0.39, 0.29) is 0 Å². The van der Waals surface area contributed by atoms with E-state index < -0.39 is 14.0 Å². The number of hydrogen-bond donors (Lipinski definition) is 0. The Balaban J connectivity index is 0.000000361. The van der Waals surface area contributed by atoms with E-state index in [1.165, 1.54) is 33.6 Å². The maximum atomic E-state index is 4.81. The van der Waals surface area contributed by atoms with Crippen LogP contribution >= 0.6 is 69.6 Å². The van der Waals surface area contributed by atoms with Gasteiger partial charge in [-0.3, -0.25) is 9.97 Å². The van der Waals surface area contributed by atoms with E-state index in [0.717, 1.165) is 17.1 Å². The first-order chi connectivity index (χ1) is 19.4. The van der Waals surface area contributed by atoms with Gasteiger partial charge in [0.15, 0.2) is 8.59 Å². The topological polar surface area (TPSA) is 29.0 Å².